The van der Waals surface area contributed by atoms with E-state index in [2.05, 4.69) is 10.6 Å². The topological polar surface area (TPSA) is 61.4 Å². The Labute approximate surface area is 140 Å². The summed E-state index contributed by atoms with van der Waals surface area (Å²) >= 11 is 5.27. The highest BCUT2D eigenvalue weighted by atomic mass is 32.1. The van der Waals surface area contributed by atoms with Crippen molar-refractivity contribution in [3.63, 3.8) is 0 Å². The summed E-state index contributed by atoms with van der Waals surface area (Å²) in [6.45, 7) is 2.64. The highest BCUT2D eigenvalue weighted by Gasteiger charge is 2.33. The molecule has 3 N–H and O–H groups in total. The number of aliphatic hydroxyl groups excluding tert-OH is 1. The maximum atomic E-state index is 12.8. The van der Waals surface area contributed by atoms with Crippen molar-refractivity contribution in [2.45, 2.75) is 19.1 Å². The minimum atomic E-state index is -0.865. The Hall–Kier alpha value is -2.24. The lowest BCUT2D eigenvalue weighted by Crippen LogP contribution is -2.39. The van der Waals surface area contributed by atoms with Gasteiger partial charge in [0, 0.05) is 17.7 Å². The van der Waals surface area contributed by atoms with Gasteiger partial charge in [-0.1, -0.05) is 48.5 Å². The van der Waals surface area contributed by atoms with Crippen LogP contribution >= 0.6 is 12.2 Å². The van der Waals surface area contributed by atoms with Crippen LogP contribution in [0.1, 0.15) is 46.1 Å². The standard InChI is InChI=1S/C18H18N2O2S/c1-2-19-18(23)20-15-11-7-3-4-8-12(11)16(21)13-9-5-6-10-14(13)17(15)22/h3-10,15,17,22H,2H2,1H3,(H2,19,20,23)/t15-,17-/m1/s1. The third kappa shape index (κ3) is 2.85. The molecule has 3 rings (SSSR count). The molecule has 4 nitrogen and oxygen atoms in total. The number of aliphatic hydroxyl groups is 1. The molecule has 0 saturated heterocycles. The molecule has 0 bridgehead atoms. The van der Waals surface area contributed by atoms with E-state index in [4.69, 9.17) is 12.2 Å². The van der Waals surface area contributed by atoms with Crippen molar-refractivity contribution < 1.29 is 9.90 Å². The molecule has 0 fully saturated rings. The van der Waals surface area contributed by atoms with Gasteiger partial charge in [0.25, 0.3) is 0 Å². The van der Waals surface area contributed by atoms with Crippen LogP contribution in [-0.2, 0) is 0 Å². The van der Waals surface area contributed by atoms with Crippen molar-refractivity contribution >= 4 is 23.1 Å². The highest BCUT2D eigenvalue weighted by Crippen LogP contribution is 2.37. The van der Waals surface area contributed by atoms with E-state index in [0.29, 0.717) is 28.3 Å². The van der Waals surface area contributed by atoms with Crippen molar-refractivity contribution in [3.8, 4) is 0 Å². The van der Waals surface area contributed by atoms with E-state index in [1.165, 1.54) is 0 Å². The van der Waals surface area contributed by atoms with Gasteiger partial charge in [-0.25, -0.2) is 0 Å². The number of hydrogen-bond acceptors (Lipinski definition) is 3. The second-order valence-electron chi connectivity index (χ2n) is 5.43. The van der Waals surface area contributed by atoms with Gasteiger partial charge in [-0.15, -0.1) is 0 Å². The summed E-state index contributed by atoms with van der Waals surface area (Å²) in [5.74, 6) is -0.0751. The first kappa shape index (κ1) is 15.6. The molecule has 118 valence electrons. The molecular weight excluding hydrogens is 308 g/mol. The van der Waals surface area contributed by atoms with Crippen LogP contribution in [0.5, 0.6) is 0 Å². The number of carbonyl (C=O) groups is 1. The maximum absolute atomic E-state index is 12.8. The molecule has 2 atom stereocenters. The van der Waals surface area contributed by atoms with Gasteiger partial charge < -0.3 is 15.7 Å². The molecule has 0 aliphatic heterocycles. The SMILES string of the molecule is CCNC(=S)N[C@@H]1c2ccccc2C(=O)c2ccccc2[C@H]1O. The zero-order chi connectivity index (χ0) is 16.4. The van der Waals surface area contributed by atoms with Crippen LogP contribution in [0.25, 0.3) is 0 Å². The van der Waals surface area contributed by atoms with E-state index in [1.807, 2.05) is 37.3 Å². The molecule has 0 heterocycles. The summed E-state index contributed by atoms with van der Waals surface area (Å²) < 4.78 is 0. The van der Waals surface area contributed by atoms with E-state index < -0.39 is 12.1 Å². The zero-order valence-corrected chi connectivity index (χ0v) is 13.6. The van der Waals surface area contributed by atoms with Gasteiger partial charge in [0.1, 0.15) is 6.10 Å². The lowest BCUT2D eigenvalue weighted by atomic mass is 9.96. The van der Waals surface area contributed by atoms with Gasteiger partial charge in [0.05, 0.1) is 6.04 Å². The first-order valence-electron chi connectivity index (χ1n) is 7.58. The van der Waals surface area contributed by atoms with Gasteiger partial charge in [0.2, 0.25) is 0 Å². The number of ketones is 1. The lowest BCUT2D eigenvalue weighted by Gasteiger charge is -2.26. The molecule has 0 aromatic heterocycles. The van der Waals surface area contributed by atoms with Gasteiger partial charge in [-0.2, -0.15) is 0 Å². The highest BCUT2D eigenvalue weighted by molar-refractivity contribution is 7.80. The number of thiocarbonyl (C=S) groups is 1. The largest absolute Gasteiger partial charge is 0.386 e. The van der Waals surface area contributed by atoms with Crippen molar-refractivity contribution in [2.24, 2.45) is 0 Å². The van der Waals surface area contributed by atoms with Gasteiger partial charge in [0.15, 0.2) is 10.9 Å². The minimum Gasteiger partial charge on any atom is -0.386 e. The Morgan fingerprint density at radius 1 is 1.09 bits per heavy atom. The quantitative estimate of drug-likeness (QED) is 0.740. The average molecular weight is 326 g/mol. The molecule has 0 spiro atoms. The minimum absolute atomic E-state index is 0.0751. The second kappa shape index (κ2) is 6.48. The molecule has 1 aliphatic rings. The van der Waals surface area contributed by atoms with Crippen LogP contribution in [0.2, 0.25) is 0 Å². The molecule has 1 aliphatic carbocycles. The fraction of sp³-hybridized carbons (Fsp3) is 0.222. The van der Waals surface area contributed by atoms with E-state index in [1.54, 1.807) is 18.2 Å². The van der Waals surface area contributed by atoms with Crippen molar-refractivity contribution in [1.82, 2.24) is 10.6 Å². The number of fused-ring (bicyclic) bond motifs is 2. The molecule has 0 saturated carbocycles. The summed E-state index contributed by atoms with van der Waals surface area (Å²) in [5.41, 5.74) is 2.49. The average Bonchev–Trinajstić information content (AvgIpc) is 2.66. The molecule has 0 unspecified atom stereocenters. The first-order valence-corrected chi connectivity index (χ1v) is 7.99. The van der Waals surface area contributed by atoms with Crippen LogP contribution < -0.4 is 10.6 Å². The van der Waals surface area contributed by atoms with E-state index in [0.717, 1.165) is 5.56 Å². The Kier molecular flexibility index (Phi) is 4.41. The molecule has 2 aromatic rings. The molecular formula is C18H18N2O2S. The summed E-state index contributed by atoms with van der Waals surface area (Å²) in [6, 6.07) is 14.0. The normalized spacial score (nSPS) is 19.3. The van der Waals surface area contributed by atoms with Crippen LogP contribution in [0.4, 0.5) is 0 Å². The van der Waals surface area contributed by atoms with Gasteiger partial charge in [-0.05, 0) is 30.3 Å². The molecule has 5 heteroatoms. The van der Waals surface area contributed by atoms with Crippen LogP contribution in [-0.4, -0.2) is 22.5 Å². The number of benzene rings is 2. The van der Waals surface area contributed by atoms with E-state index in [9.17, 15) is 9.90 Å². The van der Waals surface area contributed by atoms with Gasteiger partial charge in [-0.3, -0.25) is 4.79 Å². The lowest BCUT2D eigenvalue weighted by molar-refractivity contribution is 0.103. The fourth-order valence-electron chi connectivity index (χ4n) is 2.94. The summed E-state index contributed by atoms with van der Waals surface area (Å²) in [5, 5.41) is 17.5. The number of hydrogen-bond donors (Lipinski definition) is 3. The molecule has 0 amide bonds. The van der Waals surface area contributed by atoms with Crippen molar-refractivity contribution in [3.05, 3.63) is 70.8 Å². The maximum Gasteiger partial charge on any atom is 0.193 e. The Morgan fingerprint density at radius 3 is 2.30 bits per heavy atom. The van der Waals surface area contributed by atoms with Crippen molar-refractivity contribution in [2.75, 3.05) is 6.54 Å². The summed E-state index contributed by atoms with van der Waals surface area (Å²) in [7, 11) is 0. The monoisotopic (exact) mass is 326 g/mol. The number of rotatable bonds is 2. The molecule has 2 aromatic carbocycles. The van der Waals surface area contributed by atoms with Crippen LogP contribution in [0.3, 0.4) is 0 Å². The Balaban J connectivity index is 2.13. The predicted molar refractivity (Wildman–Crippen MR) is 93.4 cm³/mol. The third-order valence-electron chi connectivity index (χ3n) is 4.00. The molecule has 0 radical (unpaired) electrons. The van der Waals surface area contributed by atoms with Crippen LogP contribution in [0.15, 0.2) is 48.5 Å². The summed E-state index contributed by atoms with van der Waals surface area (Å²) in [4.78, 5) is 12.8. The summed E-state index contributed by atoms with van der Waals surface area (Å²) in [6.07, 6.45) is -0.865. The van der Waals surface area contributed by atoms with E-state index >= 15 is 0 Å². The number of carbonyl (C=O) groups excluding carboxylic acids is 1. The van der Waals surface area contributed by atoms with Crippen molar-refractivity contribution in [1.29, 1.82) is 0 Å². The van der Waals surface area contributed by atoms with Crippen LogP contribution in [0, 0.1) is 0 Å². The Bertz CT molecular complexity index is 760. The zero-order valence-electron chi connectivity index (χ0n) is 12.7. The Morgan fingerprint density at radius 2 is 1.65 bits per heavy atom. The smallest absolute Gasteiger partial charge is 0.193 e. The third-order valence-corrected chi connectivity index (χ3v) is 4.27. The predicted octanol–water partition coefficient (Wildman–Crippen LogP) is 2.49. The van der Waals surface area contributed by atoms with E-state index in [-0.39, 0.29) is 5.78 Å². The molecule has 23 heavy (non-hydrogen) atoms. The first-order chi connectivity index (χ1) is 11.1. The fourth-order valence-corrected chi connectivity index (χ4v) is 3.21. The number of nitrogens with one attached hydrogen (secondary N) is 2. The van der Waals surface area contributed by atoms with Gasteiger partial charge >= 0.3 is 0 Å². The second-order valence-corrected chi connectivity index (χ2v) is 5.84.